The second-order valence-corrected chi connectivity index (χ2v) is 6.82. The van der Waals surface area contributed by atoms with Crippen LogP contribution in [0.25, 0.3) is 0 Å². The van der Waals surface area contributed by atoms with Crippen molar-refractivity contribution in [2.75, 3.05) is 17.7 Å². The lowest BCUT2D eigenvalue weighted by molar-refractivity contribution is 0.292. The summed E-state index contributed by atoms with van der Waals surface area (Å²) in [5, 5.41) is 3.39. The van der Waals surface area contributed by atoms with Gasteiger partial charge in [-0.3, -0.25) is 4.99 Å². The smallest absolute Gasteiger partial charge is 0.146 e. The van der Waals surface area contributed by atoms with Crippen LogP contribution in [0.1, 0.15) is 32.6 Å². The van der Waals surface area contributed by atoms with Crippen LogP contribution in [0.15, 0.2) is 23.2 Å². The number of fused-ring (bicyclic) bond motifs is 3. The number of nitrogens with one attached hydrogen (secondary N) is 1. The number of aliphatic imine (C=N–C) groups is 1. The topological polar surface area (TPSA) is 59.6 Å². The van der Waals surface area contributed by atoms with Crippen molar-refractivity contribution in [3.63, 3.8) is 0 Å². The minimum Gasteiger partial charge on any atom is -0.483 e. The van der Waals surface area contributed by atoms with Crippen molar-refractivity contribution in [3.8, 4) is 5.75 Å². The van der Waals surface area contributed by atoms with Gasteiger partial charge in [0.1, 0.15) is 18.2 Å². The van der Waals surface area contributed by atoms with Gasteiger partial charge in [0.05, 0.1) is 11.7 Å². The first kappa shape index (κ1) is 13.0. The highest BCUT2D eigenvalue weighted by Gasteiger charge is 2.41. The second kappa shape index (κ2) is 4.93. The van der Waals surface area contributed by atoms with Crippen molar-refractivity contribution < 1.29 is 4.74 Å². The molecule has 0 saturated heterocycles. The van der Waals surface area contributed by atoms with Crippen LogP contribution in [0.2, 0.25) is 0 Å². The summed E-state index contributed by atoms with van der Waals surface area (Å²) in [7, 11) is 0. The molecule has 3 N–H and O–H groups in total. The van der Waals surface area contributed by atoms with E-state index >= 15 is 0 Å². The lowest BCUT2D eigenvalue weighted by Gasteiger charge is -2.27. The van der Waals surface area contributed by atoms with Gasteiger partial charge in [0, 0.05) is 11.8 Å². The van der Waals surface area contributed by atoms with Crippen molar-refractivity contribution in [1.29, 1.82) is 0 Å². The quantitative estimate of drug-likeness (QED) is 0.820. The van der Waals surface area contributed by atoms with E-state index in [0.29, 0.717) is 12.6 Å². The Kier molecular flexibility index (Phi) is 3.05. The Morgan fingerprint density at radius 1 is 1.33 bits per heavy atom. The summed E-state index contributed by atoms with van der Waals surface area (Å²) in [6.07, 6.45) is 5.67. The number of ether oxygens (including phenoxy) is 1. The first-order chi connectivity index (χ1) is 10.2. The van der Waals surface area contributed by atoms with Crippen LogP contribution < -0.4 is 15.8 Å². The highest BCUT2D eigenvalue weighted by Crippen LogP contribution is 2.50. The zero-order valence-corrected chi connectivity index (χ0v) is 12.5. The van der Waals surface area contributed by atoms with Gasteiger partial charge in [0.15, 0.2) is 0 Å². The number of rotatable bonds is 2. The van der Waals surface area contributed by atoms with E-state index in [9.17, 15) is 0 Å². The summed E-state index contributed by atoms with van der Waals surface area (Å²) in [5.41, 5.74) is 7.47. The summed E-state index contributed by atoms with van der Waals surface area (Å²) in [6.45, 7) is 2.78. The number of anilines is 2. The highest BCUT2D eigenvalue weighted by molar-refractivity contribution is 5.99. The molecule has 4 unspecified atom stereocenters. The molecule has 2 bridgehead atoms. The molecule has 1 aliphatic heterocycles. The molecule has 0 radical (unpaired) electrons. The van der Waals surface area contributed by atoms with Crippen LogP contribution in [0, 0.1) is 17.8 Å². The number of nitrogen functional groups attached to an aromatic ring is 1. The molecule has 0 spiro atoms. The van der Waals surface area contributed by atoms with Crippen LogP contribution in [0.4, 0.5) is 11.4 Å². The average Bonchev–Trinajstić information content (AvgIpc) is 3.10. The third kappa shape index (κ3) is 2.37. The third-order valence-electron chi connectivity index (χ3n) is 5.42. The molecule has 4 atom stereocenters. The van der Waals surface area contributed by atoms with Crippen molar-refractivity contribution >= 4 is 17.2 Å². The number of hydrogen-bond acceptors (Lipinski definition) is 3. The molecule has 2 saturated carbocycles. The van der Waals surface area contributed by atoms with E-state index < -0.39 is 0 Å². The van der Waals surface area contributed by atoms with Gasteiger partial charge in [-0.05, 0) is 56.1 Å². The van der Waals surface area contributed by atoms with Crippen molar-refractivity contribution in [2.45, 2.75) is 38.6 Å². The molecule has 1 aromatic rings. The van der Waals surface area contributed by atoms with E-state index in [2.05, 4.69) is 12.2 Å². The molecular formula is C17H23N3O. The molecule has 4 rings (SSSR count). The zero-order valence-electron chi connectivity index (χ0n) is 12.5. The first-order valence-corrected chi connectivity index (χ1v) is 8.05. The molecule has 3 aliphatic rings. The number of hydrogen-bond donors (Lipinski definition) is 2. The number of nitrogens with zero attached hydrogens (tertiary/aromatic N) is 1. The maximum atomic E-state index is 5.78. The molecule has 112 valence electrons. The molecule has 0 aromatic heterocycles. The minimum atomic E-state index is 0.390. The number of benzene rings is 1. The van der Waals surface area contributed by atoms with Gasteiger partial charge in [0.25, 0.3) is 0 Å². The SMILES string of the molecule is CC(N=C1COc2cc(N)ccc2N1)C1CC2CCC1C2. The average molecular weight is 285 g/mol. The summed E-state index contributed by atoms with van der Waals surface area (Å²) in [4.78, 5) is 4.91. The van der Waals surface area contributed by atoms with E-state index in [-0.39, 0.29) is 0 Å². The zero-order chi connectivity index (χ0) is 14.4. The number of nitrogens with two attached hydrogens (primary N) is 1. The molecular weight excluding hydrogens is 262 g/mol. The largest absolute Gasteiger partial charge is 0.483 e. The summed E-state index contributed by atoms with van der Waals surface area (Å²) in [6, 6.07) is 6.10. The number of amidine groups is 1. The van der Waals surface area contributed by atoms with E-state index in [0.717, 1.165) is 40.7 Å². The molecule has 4 nitrogen and oxygen atoms in total. The van der Waals surface area contributed by atoms with Gasteiger partial charge >= 0.3 is 0 Å². The fourth-order valence-corrected chi connectivity index (χ4v) is 4.40. The Balaban J connectivity index is 1.48. The Morgan fingerprint density at radius 3 is 3.00 bits per heavy atom. The van der Waals surface area contributed by atoms with Gasteiger partial charge in [-0.15, -0.1) is 0 Å². The molecule has 1 heterocycles. The first-order valence-electron chi connectivity index (χ1n) is 8.05. The molecule has 2 aliphatic carbocycles. The Bertz CT molecular complexity index is 583. The van der Waals surface area contributed by atoms with Crippen LogP contribution in [0.3, 0.4) is 0 Å². The van der Waals surface area contributed by atoms with Crippen LogP contribution in [0.5, 0.6) is 5.75 Å². The second-order valence-electron chi connectivity index (χ2n) is 6.82. The van der Waals surface area contributed by atoms with Gasteiger partial charge in [-0.25, -0.2) is 0 Å². The molecule has 1 aromatic carbocycles. The Labute approximate surface area is 125 Å². The summed E-state index contributed by atoms with van der Waals surface area (Å²) >= 11 is 0. The van der Waals surface area contributed by atoms with Gasteiger partial charge < -0.3 is 15.8 Å². The van der Waals surface area contributed by atoms with Gasteiger partial charge in [-0.1, -0.05) is 6.42 Å². The fraction of sp³-hybridized carbons (Fsp3) is 0.588. The summed E-state index contributed by atoms with van der Waals surface area (Å²) in [5.74, 6) is 4.42. The standard InChI is InChI=1S/C17H23N3O/c1-10(14-7-11-2-3-12(14)6-11)19-17-9-21-16-8-13(18)4-5-15(16)20-17/h4-5,8,10-12,14H,2-3,6-7,9,18H2,1H3,(H,19,20). The maximum Gasteiger partial charge on any atom is 0.146 e. The predicted molar refractivity (Wildman–Crippen MR) is 85.8 cm³/mol. The van der Waals surface area contributed by atoms with E-state index in [4.69, 9.17) is 15.5 Å². The van der Waals surface area contributed by atoms with Crippen molar-refractivity contribution in [3.05, 3.63) is 18.2 Å². The van der Waals surface area contributed by atoms with Crippen molar-refractivity contribution in [1.82, 2.24) is 0 Å². The van der Waals surface area contributed by atoms with Crippen molar-refractivity contribution in [2.24, 2.45) is 22.7 Å². The summed E-state index contributed by atoms with van der Waals surface area (Å²) < 4.78 is 5.77. The third-order valence-corrected chi connectivity index (χ3v) is 5.42. The minimum absolute atomic E-state index is 0.390. The van der Waals surface area contributed by atoms with E-state index in [1.807, 2.05) is 18.2 Å². The molecule has 4 heteroatoms. The monoisotopic (exact) mass is 285 g/mol. The fourth-order valence-electron chi connectivity index (χ4n) is 4.40. The van der Waals surface area contributed by atoms with Crippen LogP contribution in [-0.4, -0.2) is 18.5 Å². The van der Waals surface area contributed by atoms with Crippen LogP contribution in [-0.2, 0) is 0 Å². The van der Waals surface area contributed by atoms with Gasteiger partial charge in [0.2, 0.25) is 0 Å². The van der Waals surface area contributed by atoms with Crippen LogP contribution >= 0.6 is 0 Å². The lowest BCUT2D eigenvalue weighted by Crippen LogP contribution is -2.30. The maximum absolute atomic E-state index is 5.78. The highest BCUT2D eigenvalue weighted by atomic mass is 16.5. The van der Waals surface area contributed by atoms with E-state index in [1.54, 1.807) is 0 Å². The molecule has 0 amide bonds. The molecule has 21 heavy (non-hydrogen) atoms. The predicted octanol–water partition coefficient (Wildman–Crippen LogP) is 3.30. The van der Waals surface area contributed by atoms with Gasteiger partial charge in [-0.2, -0.15) is 0 Å². The normalized spacial score (nSPS) is 33.4. The van der Waals surface area contributed by atoms with E-state index in [1.165, 1.54) is 25.7 Å². The Morgan fingerprint density at radius 2 is 2.24 bits per heavy atom. The Hall–Kier alpha value is -1.71. The lowest BCUT2D eigenvalue weighted by atomic mass is 9.84. The molecule has 2 fully saturated rings.